The number of aliphatic hydroxyl groups is 1. The number of nitrogens with zero attached hydrogens (tertiary/aromatic N) is 2. The molecule has 1 aromatic heterocycles. The highest BCUT2D eigenvalue weighted by molar-refractivity contribution is 5.45. The molecule has 0 amide bonds. The zero-order chi connectivity index (χ0) is 12.4. The Kier molecular flexibility index (Phi) is 3.64. The molecule has 17 heavy (non-hydrogen) atoms. The number of pyridine rings is 1. The Morgan fingerprint density at radius 3 is 2.82 bits per heavy atom. The quantitative estimate of drug-likeness (QED) is 0.811. The van der Waals surface area contributed by atoms with Gasteiger partial charge in [0, 0.05) is 19.1 Å². The second-order valence-electron chi connectivity index (χ2n) is 5.01. The molecule has 0 aliphatic carbocycles. The van der Waals surface area contributed by atoms with Gasteiger partial charge in [-0.25, -0.2) is 0 Å². The first-order valence-corrected chi connectivity index (χ1v) is 6.22. The van der Waals surface area contributed by atoms with Gasteiger partial charge in [-0.15, -0.1) is 0 Å². The van der Waals surface area contributed by atoms with E-state index in [1.54, 1.807) is 0 Å². The minimum absolute atomic E-state index is 0.0221. The summed E-state index contributed by atoms with van der Waals surface area (Å²) >= 11 is 0. The number of hydrogen-bond donors (Lipinski definition) is 2. The summed E-state index contributed by atoms with van der Waals surface area (Å²) in [4.78, 5) is 6.64. The first-order valence-electron chi connectivity index (χ1n) is 6.22. The van der Waals surface area contributed by atoms with Crippen LogP contribution in [0.4, 0.5) is 5.69 Å². The maximum Gasteiger partial charge on any atom is 0.0599 e. The Morgan fingerprint density at radius 1 is 1.53 bits per heavy atom. The maximum absolute atomic E-state index is 9.70. The van der Waals surface area contributed by atoms with E-state index < -0.39 is 0 Å². The second-order valence-corrected chi connectivity index (χ2v) is 5.01. The summed E-state index contributed by atoms with van der Waals surface area (Å²) in [6, 6.07) is 4.03. The van der Waals surface area contributed by atoms with Crippen LogP contribution in [0.5, 0.6) is 0 Å². The van der Waals surface area contributed by atoms with Crippen molar-refractivity contribution in [2.45, 2.75) is 32.4 Å². The standard InChI is InChI=1S/C13H21N3O/c1-9-8-16(6-5-13(9)17)11-3-4-12(10(2)14)15-7-11/h3-4,7,9-10,13,17H,5-6,8,14H2,1-2H3. The van der Waals surface area contributed by atoms with Gasteiger partial charge in [-0.2, -0.15) is 0 Å². The Morgan fingerprint density at radius 2 is 2.29 bits per heavy atom. The van der Waals surface area contributed by atoms with Crippen LogP contribution in [0.3, 0.4) is 0 Å². The van der Waals surface area contributed by atoms with Crippen LogP contribution in [0.1, 0.15) is 32.0 Å². The molecule has 2 heterocycles. The van der Waals surface area contributed by atoms with Gasteiger partial charge < -0.3 is 15.7 Å². The monoisotopic (exact) mass is 235 g/mol. The predicted octanol–water partition coefficient (Wildman–Crippen LogP) is 1.31. The van der Waals surface area contributed by atoms with Crippen molar-refractivity contribution in [2.24, 2.45) is 11.7 Å². The Balaban J connectivity index is 2.07. The molecule has 1 saturated heterocycles. The van der Waals surface area contributed by atoms with Crippen LogP contribution in [0.2, 0.25) is 0 Å². The molecule has 1 aliphatic rings. The fraction of sp³-hybridized carbons (Fsp3) is 0.615. The van der Waals surface area contributed by atoms with Crippen LogP contribution in [0.25, 0.3) is 0 Å². The summed E-state index contributed by atoms with van der Waals surface area (Å²) in [6.07, 6.45) is 2.54. The van der Waals surface area contributed by atoms with E-state index in [0.29, 0.717) is 5.92 Å². The Bertz CT molecular complexity index is 363. The van der Waals surface area contributed by atoms with Gasteiger partial charge in [0.2, 0.25) is 0 Å². The number of anilines is 1. The topological polar surface area (TPSA) is 62.4 Å². The van der Waals surface area contributed by atoms with Gasteiger partial charge in [0.25, 0.3) is 0 Å². The lowest BCUT2D eigenvalue weighted by Crippen LogP contribution is -2.42. The summed E-state index contributed by atoms with van der Waals surface area (Å²) in [5.41, 5.74) is 7.81. The lowest BCUT2D eigenvalue weighted by molar-refractivity contribution is 0.0971. The molecule has 3 unspecified atom stereocenters. The van der Waals surface area contributed by atoms with Crippen LogP contribution in [-0.4, -0.2) is 29.3 Å². The van der Waals surface area contributed by atoms with Crippen molar-refractivity contribution in [1.82, 2.24) is 4.98 Å². The van der Waals surface area contributed by atoms with Gasteiger partial charge in [0.05, 0.1) is 23.7 Å². The van der Waals surface area contributed by atoms with Gasteiger partial charge in [-0.1, -0.05) is 6.92 Å². The van der Waals surface area contributed by atoms with Crippen molar-refractivity contribution in [1.29, 1.82) is 0 Å². The largest absolute Gasteiger partial charge is 0.393 e. The smallest absolute Gasteiger partial charge is 0.0599 e. The Labute approximate surface area is 102 Å². The SMILES string of the molecule is CC(N)c1ccc(N2CCC(O)C(C)C2)cn1. The number of aromatic nitrogens is 1. The highest BCUT2D eigenvalue weighted by atomic mass is 16.3. The van der Waals surface area contributed by atoms with Crippen LogP contribution in [0, 0.1) is 5.92 Å². The molecule has 4 nitrogen and oxygen atoms in total. The zero-order valence-corrected chi connectivity index (χ0v) is 10.5. The van der Waals surface area contributed by atoms with E-state index in [9.17, 15) is 5.11 Å². The molecule has 2 rings (SSSR count). The molecule has 94 valence electrons. The van der Waals surface area contributed by atoms with Gasteiger partial charge >= 0.3 is 0 Å². The molecule has 1 aromatic rings. The van der Waals surface area contributed by atoms with Crippen molar-refractivity contribution in [2.75, 3.05) is 18.0 Å². The van der Waals surface area contributed by atoms with E-state index in [0.717, 1.165) is 30.9 Å². The molecular formula is C13H21N3O. The third kappa shape index (κ3) is 2.76. The van der Waals surface area contributed by atoms with Crippen molar-refractivity contribution in [3.63, 3.8) is 0 Å². The fourth-order valence-electron chi connectivity index (χ4n) is 2.22. The van der Waals surface area contributed by atoms with Crippen LogP contribution in [0.15, 0.2) is 18.3 Å². The van der Waals surface area contributed by atoms with Crippen LogP contribution < -0.4 is 10.6 Å². The predicted molar refractivity (Wildman–Crippen MR) is 68.8 cm³/mol. The van der Waals surface area contributed by atoms with Crippen molar-refractivity contribution >= 4 is 5.69 Å². The van der Waals surface area contributed by atoms with E-state index >= 15 is 0 Å². The van der Waals surface area contributed by atoms with E-state index in [1.807, 2.05) is 19.2 Å². The lowest BCUT2D eigenvalue weighted by atomic mass is 9.96. The summed E-state index contributed by atoms with van der Waals surface area (Å²) in [5.74, 6) is 0.317. The lowest BCUT2D eigenvalue weighted by Gasteiger charge is -2.35. The normalized spacial score (nSPS) is 26.9. The number of piperidine rings is 1. The van der Waals surface area contributed by atoms with Gasteiger partial charge in [0.1, 0.15) is 0 Å². The van der Waals surface area contributed by atoms with E-state index in [-0.39, 0.29) is 12.1 Å². The minimum atomic E-state index is -0.164. The van der Waals surface area contributed by atoms with Crippen LogP contribution in [-0.2, 0) is 0 Å². The number of nitrogens with two attached hydrogens (primary N) is 1. The van der Waals surface area contributed by atoms with Gasteiger partial charge in [-0.05, 0) is 31.4 Å². The average molecular weight is 235 g/mol. The number of hydrogen-bond acceptors (Lipinski definition) is 4. The van der Waals surface area contributed by atoms with Crippen molar-refractivity contribution in [3.05, 3.63) is 24.0 Å². The molecule has 0 aromatic carbocycles. The molecule has 3 N–H and O–H groups in total. The molecule has 0 saturated carbocycles. The van der Waals surface area contributed by atoms with E-state index in [4.69, 9.17) is 5.73 Å². The third-order valence-electron chi connectivity index (χ3n) is 3.46. The minimum Gasteiger partial charge on any atom is -0.393 e. The molecule has 0 radical (unpaired) electrons. The molecule has 0 spiro atoms. The number of rotatable bonds is 2. The second kappa shape index (κ2) is 5.02. The first-order chi connectivity index (χ1) is 8.08. The van der Waals surface area contributed by atoms with E-state index in [2.05, 4.69) is 22.9 Å². The summed E-state index contributed by atoms with van der Waals surface area (Å²) in [6.45, 7) is 5.80. The van der Waals surface area contributed by atoms with Crippen LogP contribution >= 0.6 is 0 Å². The number of aliphatic hydroxyl groups excluding tert-OH is 1. The molecule has 4 heteroatoms. The van der Waals surface area contributed by atoms with Crippen molar-refractivity contribution < 1.29 is 5.11 Å². The highest BCUT2D eigenvalue weighted by Gasteiger charge is 2.24. The first kappa shape index (κ1) is 12.3. The van der Waals surface area contributed by atoms with E-state index in [1.165, 1.54) is 0 Å². The Hall–Kier alpha value is -1.13. The summed E-state index contributed by atoms with van der Waals surface area (Å²) < 4.78 is 0. The molecule has 1 aliphatic heterocycles. The van der Waals surface area contributed by atoms with Crippen molar-refractivity contribution in [3.8, 4) is 0 Å². The highest BCUT2D eigenvalue weighted by Crippen LogP contribution is 2.23. The fourth-order valence-corrected chi connectivity index (χ4v) is 2.22. The molecular weight excluding hydrogens is 214 g/mol. The zero-order valence-electron chi connectivity index (χ0n) is 10.5. The summed E-state index contributed by atoms with van der Waals surface area (Å²) in [7, 11) is 0. The maximum atomic E-state index is 9.70. The van der Waals surface area contributed by atoms with Gasteiger partial charge in [-0.3, -0.25) is 4.98 Å². The van der Waals surface area contributed by atoms with Gasteiger partial charge in [0.15, 0.2) is 0 Å². The third-order valence-corrected chi connectivity index (χ3v) is 3.46. The molecule has 0 bridgehead atoms. The molecule has 3 atom stereocenters. The average Bonchev–Trinajstić information content (AvgIpc) is 2.33. The summed E-state index contributed by atoms with van der Waals surface area (Å²) in [5, 5.41) is 9.70. The molecule has 1 fully saturated rings.